The van der Waals surface area contributed by atoms with Crippen LogP contribution < -0.4 is 5.32 Å². The number of hydrogen-bond donors (Lipinski definition) is 2. The number of rotatable bonds is 4. The number of benzene rings is 1. The van der Waals surface area contributed by atoms with Gasteiger partial charge in [0.15, 0.2) is 0 Å². The number of hydrogen-bond acceptors (Lipinski definition) is 2. The first-order valence-electron chi connectivity index (χ1n) is 6.95. The van der Waals surface area contributed by atoms with Crippen LogP contribution >= 0.6 is 27.5 Å². The summed E-state index contributed by atoms with van der Waals surface area (Å²) in [6.45, 7) is 0.831. The minimum Gasteiger partial charge on any atom is -0.396 e. The molecule has 0 aromatic heterocycles. The van der Waals surface area contributed by atoms with Gasteiger partial charge in [-0.15, -0.1) is 0 Å². The quantitative estimate of drug-likeness (QED) is 0.861. The highest BCUT2D eigenvalue weighted by atomic mass is 79.9. The number of carbonyl (C=O) groups excluding carboxylic acids is 1. The van der Waals surface area contributed by atoms with Crippen LogP contribution in [0.1, 0.15) is 36.0 Å². The lowest BCUT2D eigenvalue weighted by Crippen LogP contribution is -2.35. The van der Waals surface area contributed by atoms with Crippen LogP contribution in [0, 0.1) is 11.8 Å². The van der Waals surface area contributed by atoms with Gasteiger partial charge in [0.25, 0.3) is 5.91 Å². The highest BCUT2D eigenvalue weighted by molar-refractivity contribution is 9.10. The summed E-state index contributed by atoms with van der Waals surface area (Å²) in [4.78, 5) is 12.1. The Hall–Kier alpha value is -0.580. The summed E-state index contributed by atoms with van der Waals surface area (Å²) in [5.74, 6) is 0.575. The Bertz CT molecular complexity index is 461. The van der Waals surface area contributed by atoms with Gasteiger partial charge in [-0.25, -0.2) is 0 Å². The first-order valence-corrected chi connectivity index (χ1v) is 8.12. The molecule has 1 aliphatic carbocycles. The molecule has 2 unspecified atom stereocenters. The van der Waals surface area contributed by atoms with Crippen LogP contribution in [0.2, 0.25) is 5.02 Å². The van der Waals surface area contributed by atoms with Gasteiger partial charge in [0.1, 0.15) is 0 Å². The van der Waals surface area contributed by atoms with Crippen LogP contribution in [0.4, 0.5) is 0 Å². The summed E-state index contributed by atoms with van der Waals surface area (Å²) < 4.78 is 0.793. The molecule has 0 heterocycles. The number of aliphatic hydroxyl groups excluding tert-OH is 1. The lowest BCUT2D eigenvalue weighted by atomic mass is 9.79. The Morgan fingerprint density at radius 1 is 1.30 bits per heavy atom. The van der Waals surface area contributed by atoms with Gasteiger partial charge in [-0.2, -0.15) is 0 Å². The summed E-state index contributed by atoms with van der Waals surface area (Å²) in [7, 11) is 0. The van der Waals surface area contributed by atoms with Crippen molar-refractivity contribution in [1.82, 2.24) is 5.32 Å². The maximum atomic E-state index is 12.1. The molecule has 1 aliphatic rings. The third kappa shape index (κ3) is 4.21. The van der Waals surface area contributed by atoms with Gasteiger partial charge in [0.05, 0.1) is 0 Å². The van der Waals surface area contributed by atoms with Crippen molar-refractivity contribution in [1.29, 1.82) is 0 Å². The SMILES string of the molecule is O=C(NCC1CCCCC1CO)c1cc(Cl)cc(Br)c1. The smallest absolute Gasteiger partial charge is 0.251 e. The van der Waals surface area contributed by atoms with Crippen LogP contribution in [0.15, 0.2) is 22.7 Å². The Morgan fingerprint density at radius 3 is 2.65 bits per heavy atom. The molecule has 2 N–H and O–H groups in total. The molecule has 20 heavy (non-hydrogen) atoms. The predicted molar refractivity (Wildman–Crippen MR) is 84.0 cm³/mol. The van der Waals surface area contributed by atoms with E-state index in [4.69, 9.17) is 11.6 Å². The van der Waals surface area contributed by atoms with Crippen LogP contribution in [-0.2, 0) is 0 Å². The molecule has 0 aliphatic heterocycles. The van der Waals surface area contributed by atoms with E-state index in [2.05, 4.69) is 21.2 Å². The van der Waals surface area contributed by atoms with Gasteiger partial charge in [-0.1, -0.05) is 40.4 Å². The highest BCUT2D eigenvalue weighted by Gasteiger charge is 2.24. The van der Waals surface area contributed by atoms with Crippen molar-refractivity contribution in [2.75, 3.05) is 13.2 Å². The molecule has 1 fully saturated rings. The fourth-order valence-electron chi connectivity index (χ4n) is 2.80. The lowest BCUT2D eigenvalue weighted by molar-refractivity contribution is 0.0909. The van der Waals surface area contributed by atoms with E-state index in [0.29, 0.717) is 29.0 Å². The van der Waals surface area contributed by atoms with E-state index >= 15 is 0 Å². The first-order chi connectivity index (χ1) is 9.60. The molecule has 1 saturated carbocycles. The second-order valence-corrected chi connectivity index (χ2v) is 6.71. The molecule has 2 atom stereocenters. The molecule has 0 saturated heterocycles. The minimum absolute atomic E-state index is 0.115. The Morgan fingerprint density at radius 2 is 2.00 bits per heavy atom. The summed E-state index contributed by atoms with van der Waals surface area (Å²) in [6, 6.07) is 5.17. The second-order valence-electron chi connectivity index (χ2n) is 5.36. The third-order valence-electron chi connectivity index (χ3n) is 3.95. The average molecular weight is 361 g/mol. The average Bonchev–Trinajstić information content (AvgIpc) is 2.44. The lowest BCUT2D eigenvalue weighted by Gasteiger charge is -2.30. The van der Waals surface area contributed by atoms with Gasteiger partial charge >= 0.3 is 0 Å². The molecule has 0 radical (unpaired) electrons. The fourth-order valence-corrected chi connectivity index (χ4v) is 3.66. The molecule has 0 bridgehead atoms. The zero-order valence-corrected chi connectivity index (χ0v) is 13.6. The summed E-state index contributed by atoms with van der Waals surface area (Å²) in [5, 5.41) is 12.9. The highest BCUT2D eigenvalue weighted by Crippen LogP contribution is 2.29. The third-order valence-corrected chi connectivity index (χ3v) is 4.63. The van der Waals surface area contributed by atoms with E-state index < -0.39 is 0 Å². The topological polar surface area (TPSA) is 49.3 Å². The van der Waals surface area contributed by atoms with Crippen molar-refractivity contribution in [3.63, 3.8) is 0 Å². The van der Waals surface area contributed by atoms with Crippen molar-refractivity contribution in [2.24, 2.45) is 11.8 Å². The van der Waals surface area contributed by atoms with Crippen LogP contribution in [0.5, 0.6) is 0 Å². The molecule has 1 aromatic rings. The minimum atomic E-state index is -0.115. The number of carbonyl (C=O) groups is 1. The van der Waals surface area contributed by atoms with Crippen LogP contribution in [0.25, 0.3) is 0 Å². The largest absolute Gasteiger partial charge is 0.396 e. The van der Waals surface area contributed by atoms with Crippen molar-refractivity contribution >= 4 is 33.4 Å². The number of amides is 1. The van der Waals surface area contributed by atoms with E-state index in [-0.39, 0.29) is 12.5 Å². The molecule has 0 spiro atoms. The van der Waals surface area contributed by atoms with Crippen LogP contribution in [-0.4, -0.2) is 24.2 Å². The predicted octanol–water partition coefficient (Wildman–Crippen LogP) is 3.63. The van der Waals surface area contributed by atoms with Crippen molar-refractivity contribution < 1.29 is 9.90 Å². The first kappa shape index (κ1) is 15.8. The summed E-state index contributed by atoms with van der Waals surface area (Å²) in [6.07, 6.45) is 4.49. The van der Waals surface area contributed by atoms with E-state index in [1.54, 1.807) is 18.2 Å². The van der Waals surface area contributed by atoms with E-state index in [0.717, 1.165) is 17.3 Å². The maximum Gasteiger partial charge on any atom is 0.251 e. The van der Waals surface area contributed by atoms with Gasteiger partial charge in [-0.05, 0) is 42.9 Å². The zero-order valence-electron chi connectivity index (χ0n) is 11.2. The normalized spacial score (nSPS) is 22.6. The molecular weight excluding hydrogens is 342 g/mol. The molecule has 110 valence electrons. The molecular formula is C15H19BrClNO2. The Kier molecular flexibility index (Phi) is 5.87. The van der Waals surface area contributed by atoms with Crippen molar-refractivity contribution in [2.45, 2.75) is 25.7 Å². The Labute approximate surface area is 132 Å². The standard InChI is InChI=1S/C15H19BrClNO2/c16-13-5-12(6-14(17)7-13)15(20)18-8-10-3-1-2-4-11(10)9-19/h5-7,10-11,19H,1-4,8-9H2,(H,18,20). The number of halogens is 2. The number of aliphatic hydroxyl groups is 1. The van der Waals surface area contributed by atoms with Gasteiger partial charge in [0.2, 0.25) is 0 Å². The molecule has 1 amide bonds. The molecule has 1 aromatic carbocycles. The van der Waals surface area contributed by atoms with Crippen molar-refractivity contribution in [3.8, 4) is 0 Å². The number of nitrogens with one attached hydrogen (secondary N) is 1. The van der Waals surface area contributed by atoms with E-state index in [1.807, 2.05) is 0 Å². The van der Waals surface area contributed by atoms with Gasteiger partial charge in [-0.3, -0.25) is 4.79 Å². The van der Waals surface area contributed by atoms with Crippen LogP contribution in [0.3, 0.4) is 0 Å². The van der Waals surface area contributed by atoms with E-state index in [9.17, 15) is 9.90 Å². The van der Waals surface area contributed by atoms with E-state index in [1.165, 1.54) is 12.8 Å². The molecule has 5 heteroatoms. The fraction of sp³-hybridized carbons (Fsp3) is 0.533. The van der Waals surface area contributed by atoms with Crippen molar-refractivity contribution in [3.05, 3.63) is 33.3 Å². The van der Waals surface area contributed by atoms with Gasteiger partial charge in [0, 0.05) is 28.2 Å². The molecule has 2 rings (SSSR count). The zero-order chi connectivity index (χ0) is 14.5. The molecule has 3 nitrogen and oxygen atoms in total. The summed E-state index contributed by atoms with van der Waals surface area (Å²) >= 11 is 9.28. The van der Waals surface area contributed by atoms with Gasteiger partial charge < -0.3 is 10.4 Å². The maximum absolute atomic E-state index is 12.1. The monoisotopic (exact) mass is 359 g/mol. The Balaban J connectivity index is 1.94. The summed E-state index contributed by atoms with van der Waals surface area (Å²) in [5.41, 5.74) is 0.556. The second kappa shape index (κ2) is 7.43.